The number of para-hydroxylation sites is 1. The molecule has 100 valence electrons. The van der Waals surface area contributed by atoms with Crippen molar-refractivity contribution in [3.05, 3.63) is 52.7 Å². The second kappa shape index (κ2) is 6.92. The van der Waals surface area contributed by atoms with Crippen molar-refractivity contribution >= 4 is 23.1 Å². The zero-order valence-corrected chi connectivity index (χ0v) is 11.2. The van der Waals surface area contributed by atoms with Crippen LogP contribution in [0.2, 0.25) is 0 Å². The van der Waals surface area contributed by atoms with Gasteiger partial charge in [0.1, 0.15) is 0 Å². The summed E-state index contributed by atoms with van der Waals surface area (Å²) in [5, 5.41) is 16.8. The van der Waals surface area contributed by atoms with Gasteiger partial charge in [0.25, 0.3) is 0 Å². The molecule has 2 aromatic rings. The highest BCUT2D eigenvalue weighted by molar-refractivity contribution is 7.09. The van der Waals surface area contributed by atoms with Gasteiger partial charge in [0.05, 0.1) is 12.6 Å². The summed E-state index contributed by atoms with van der Waals surface area (Å²) in [7, 11) is 0. The zero-order valence-electron chi connectivity index (χ0n) is 10.4. The van der Waals surface area contributed by atoms with E-state index < -0.39 is 0 Å². The van der Waals surface area contributed by atoms with Gasteiger partial charge in [-0.05, 0) is 23.6 Å². The van der Waals surface area contributed by atoms with Crippen molar-refractivity contribution in [1.29, 1.82) is 0 Å². The molecule has 2 amide bonds. The Kier molecular flexibility index (Phi) is 4.94. The van der Waals surface area contributed by atoms with E-state index in [1.54, 1.807) is 11.3 Å². The Morgan fingerprint density at radius 2 is 2.00 bits per heavy atom. The summed E-state index contributed by atoms with van der Waals surface area (Å²) in [5.41, 5.74) is 0.729. The smallest absolute Gasteiger partial charge is 0.319 e. The van der Waals surface area contributed by atoms with Gasteiger partial charge in [-0.1, -0.05) is 24.3 Å². The van der Waals surface area contributed by atoms with Gasteiger partial charge in [0.2, 0.25) is 0 Å². The molecule has 0 saturated carbocycles. The number of nitrogens with one attached hydrogen (secondary N) is 2. The standard InChI is InChI=1S/C14H16N2O2S/c17-10-12(9-13-7-4-8-19-13)16-14(18)15-11-5-2-1-3-6-11/h1-8,12,17H,9-10H2,(H2,15,16,18). The number of aliphatic hydroxyl groups excluding tert-OH is 1. The number of urea groups is 1. The van der Waals surface area contributed by atoms with Crippen molar-refractivity contribution in [3.63, 3.8) is 0 Å². The number of aliphatic hydroxyl groups is 1. The third-order valence-corrected chi connectivity index (χ3v) is 3.51. The maximum absolute atomic E-state index is 11.8. The number of rotatable bonds is 5. The van der Waals surface area contributed by atoms with Gasteiger partial charge >= 0.3 is 6.03 Å². The van der Waals surface area contributed by atoms with Crippen molar-refractivity contribution in [1.82, 2.24) is 5.32 Å². The van der Waals surface area contributed by atoms with Gasteiger partial charge in [-0.25, -0.2) is 4.79 Å². The molecule has 1 heterocycles. The molecule has 1 aromatic heterocycles. The summed E-state index contributed by atoms with van der Waals surface area (Å²) in [6.45, 7) is -0.0832. The lowest BCUT2D eigenvalue weighted by Crippen LogP contribution is -2.41. The number of thiophene rings is 1. The molecule has 0 aliphatic heterocycles. The number of carbonyl (C=O) groups excluding carboxylic acids is 1. The number of anilines is 1. The van der Waals surface area contributed by atoms with Crippen LogP contribution in [0.3, 0.4) is 0 Å². The summed E-state index contributed by atoms with van der Waals surface area (Å²) in [4.78, 5) is 12.9. The third-order valence-electron chi connectivity index (χ3n) is 2.61. The normalized spacial score (nSPS) is 11.8. The largest absolute Gasteiger partial charge is 0.394 e. The van der Waals surface area contributed by atoms with Crippen molar-refractivity contribution in [3.8, 4) is 0 Å². The number of hydrogen-bond donors (Lipinski definition) is 3. The molecule has 3 N–H and O–H groups in total. The minimum absolute atomic E-state index is 0.0832. The van der Waals surface area contributed by atoms with Gasteiger partial charge in [-0.3, -0.25) is 0 Å². The van der Waals surface area contributed by atoms with E-state index in [1.165, 1.54) is 0 Å². The molecule has 0 spiro atoms. The molecule has 0 radical (unpaired) electrons. The highest BCUT2D eigenvalue weighted by Gasteiger charge is 2.12. The Labute approximate surface area is 116 Å². The summed E-state index contributed by atoms with van der Waals surface area (Å²) in [6, 6.07) is 12.6. The van der Waals surface area contributed by atoms with E-state index in [1.807, 2.05) is 47.8 Å². The minimum atomic E-state index is -0.304. The predicted octanol–water partition coefficient (Wildman–Crippen LogP) is 2.47. The zero-order chi connectivity index (χ0) is 13.5. The molecular formula is C14H16N2O2S. The molecule has 0 fully saturated rings. The van der Waals surface area contributed by atoms with E-state index in [2.05, 4.69) is 10.6 Å². The Hall–Kier alpha value is -1.85. The molecule has 19 heavy (non-hydrogen) atoms. The highest BCUT2D eigenvalue weighted by atomic mass is 32.1. The summed E-state index contributed by atoms with van der Waals surface area (Å²) in [6.07, 6.45) is 0.635. The molecule has 0 aliphatic carbocycles. The van der Waals surface area contributed by atoms with Crippen LogP contribution in [0.5, 0.6) is 0 Å². The van der Waals surface area contributed by atoms with Crippen LogP contribution in [0, 0.1) is 0 Å². The molecule has 2 rings (SSSR count). The van der Waals surface area contributed by atoms with Gasteiger partial charge in [0.15, 0.2) is 0 Å². The molecule has 1 unspecified atom stereocenters. The van der Waals surface area contributed by atoms with Crippen molar-refractivity contribution in [2.75, 3.05) is 11.9 Å². The molecule has 0 aliphatic rings. The molecule has 0 bridgehead atoms. The minimum Gasteiger partial charge on any atom is -0.394 e. The van der Waals surface area contributed by atoms with Crippen LogP contribution >= 0.6 is 11.3 Å². The van der Waals surface area contributed by atoms with E-state index in [-0.39, 0.29) is 18.7 Å². The van der Waals surface area contributed by atoms with Gasteiger partial charge in [-0.15, -0.1) is 11.3 Å². The SMILES string of the molecule is O=C(Nc1ccccc1)NC(CO)Cc1cccs1. The fourth-order valence-electron chi connectivity index (χ4n) is 1.71. The van der Waals surface area contributed by atoms with E-state index in [4.69, 9.17) is 0 Å². The van der Waals surface area contributed by atoms with E-state index in [9.17, 15) is 9.90 Å². The van der Waals surface area contributed by atoms with Gasteiger partial charge < -0.3 is 15.7 Å². The topological polar surface area (TPSA) is 61.4 Å². The van der Waals surface area contributed by atoms with Crippen LogP contribution in [0.4, 0.5) is 10.5 Å². The van der Waals surface area contributed by atoms with Crippen LogP contribution in [0.25, 0.3) is 0 Å². The fourth-order valence-corrected chi connectivity index (χ4v) is 2.49. The summed E-state index contributed by atoms with van der Waals surface area (Å²) in [5.74, 6) is 0. The van der Waals surface area contributed by atoms with E-state index in [0.717, 1.165) is 10.6 Å². The first-order chi connectivity index (χ1) is 9.28. The average Bonchev–Trinajstić information content (AvgIpc) is 2.92. The third kappa shape index (κ3) is 4.39. The first-order valence-corrected chi connectivity index (χ1v) is 6.91. The number of amides is 2. The van der Waals surface area contributed by atoms with Crippen molar-refractivity contribution in [2.45, 2.75) is 12.5 Å². The first kappa shape index (κ1) is 13.6. The predicted molar refractivity (Wildman–Crippen MR) is 77.5 cm³/mol. The Bertz CT molecular complexity index is 499. The number of carbonyl (C=O) groups is 1. The fraction of sp³-hybridized carbons (Fsp3) is 0.214. The second-order valence-electron chi connectivity index (χ2n) is 4.13. The summed E-state index contributed by atoms with van der Waals surface area (Å²) >= 11 is 1.61. The Balaban J connectivity index is 1.86. The van der Waals surface area contributed by atoms with Crippen molar-refractivity contribution < 1.29 is 9.90 Å². The number of hydrogen-bond acceptors (Lipinski definition) is 3. The maximum atomic E-state index is 11.8. The lowest BCUT2D eigenvalue weighted by Gasteiger charge is -2.16. The second-order valence-corrected chi connectivity index (χ2v) is 5.16. The van der Waals surface area contributed by atoms with Crippen LogP contribution < -0.4 is 10.6 Å². The van der Waals surface area contributed by atoms with Crippen LogP contribution in [-0.2, 0) is 6.42 Å². The lowest BCUT2D eigenvalue weighted by molar-refractivity contribution is 0.224. The lowest BCUT2D eigenvalue weighted by atomic mass is 10.2. The monoisotopic (exact) mass is 276 g/mol. The van der Waals surface area contributed by atoms with Crippen molar-refractivity contribution in [2.24, 2.45) is 0 Å². The van der Waals surface area contributed by atoms with Crippen LogP contribution in [-0.4, -0.2) is 23.8 Å². The highest BCUT2D eigenvalue weighted by Crippen LogP contribution is 2.11. The van der Waals surface area contributed by atoms with Gasteiger partial charge in [-0.2, -0.15) is 0 Å². The van der Waals surface area contributed by atoms with Crippen LogP contribution in [0.15, 0.2) is 47.8 Å². The van der Waals surface area contributed by atoms with Crippen LogP contribution in [0.1, 0.15) is 4.88 Å². The van der Waals surface area contributed by atoms with Gasteiger partial charge in [0, 0.05) is 17.0 Å². The molecular weight excluding hydrogens is 260 g/mol. The Morgan fingerprint density at radius 1 is 1.21 bits per heavy atom. The summed E-state index contributed by atoms with van der Waals surface area (Å²) < 4.78 is 0. The maximum Gasteiger partial charge on any atom is 0.319 e. The Morgan fingerprint density at radius 3 is 2.63 bits per heavy atom. The van der Waals surface area contributed by atoms with E-state index in [0.29, 0.717) is 6.42 Å². The molecule has 1 aromatic carbocycles. The average molecular weight is 276 g/mol. The quantitative estimate of drug-likeness (QED) is 0.785. The first-order valence-electron chi connectivity index (χ1n) is 6.03. The molecule has 1 atom stereocenters. The molecule has 4 nitrogen and oxygen atoms in total. The molecule has 0 saturated heterocycles. The number of benzene rings is 1. The molecule has 5 heteroatoms. The van der Waals surface area contributed by atoms with E-state index >= 15 is 0 Å².